The zero-order valence-electron chi connectivity index (χ0n) is 24.3. The fourth-order valence-corrected chi connectivity index (χ4v) is 6.39. The molecule has 0 spiro atoms. The van der Waals surface area contributed by atoms with E-state index < -0.39 is 24.1 Å². The van der Waals surface area contributed by atoms with Crippen molar-refractivity contribution >= 4 is 29.6 Å². The van der Waals surface area contributed by atoms with Crippen LogP contribution in [0.2, 0.25) is 0 Å². The Labute approximate surface area is 263 Å². The van der Waals surface area contributed by atoms with Crippen LogP contribution >= 0.6 is 11.8 Å². The van der Waals surface area contributed by atoms with Gasteiger partial charge in [0.15, 0.2) is 12.5 Å². The predicted molar refractivity (Wildman–Crippen MR) is 163 cm³/mol. The Kier molecular flexibility index (Phi) is 8.95. The number of esters is 2. The highest BCUT2D eigenvalue weighted by Crippen LogP contribution is 2.42. The zero-order chi connectivity index (χ0) is 31.5. The van der Waals surface area contributed by atoms with Gasteiger partial charge in [-0.2, -0.15) is 4.73 Å². The lowest BCUT2D eigenvalue weighted by Crippen LogP contribution is -2.39. The van der Waals surface area contributed by atoms with E-state index in [1.54, 1.807) is 12.1 Å². The van der Waals surface area contributed by atoms with Gasteiger partial charge in [-0.3, -0.25) is 4.79 Å². The molecule has 1 fully saturated rings. The average molecular weight is 627 g/mol. The van der Waals surface area contributed by atoms with E-state index in [0.717, 1.165) is 27.0 Å². The van der Waals surface area contributed by atoms with E-state index in [1.165, 1.54) is 36.2 Å². The lowest BCUT2D eigenvalue weighted by molar-refractivity contribution is -0.645. The quantitative estimate of drug-likeness (QED) is 0.0895. The number of fused-ring (bicyclic) bond motifs is 1. The van der Waals surface area contributed by atoms with Crippen molar-refractivity contribution in [1.29, 1.82) is 0 Å². The molecular weight excluding hydrogens is 596 g/mol. The number of benzene rings is 3. The number of rotatable bonds is 9. The molecule has 0 saturated carbocycles. The molecule has 0 radical (unpaired) electrons. The number of nitrogens with zero attached hydrogens (tertiary/aromatic N) is 1. The lowest BCUT2D eigenvalue weighted by Gasteiger charge is -2.41. The van der Waals surface area contributed by atoms with E-state index in [1.807, 2.05) is 54.6 Å². The second-order valence-corrected chi connectivity index (χ2v) is 11.9. The molecule has 2 aliphatic heterocycles. The summed E-state index contributed by atoms with van der Waals surface area (Å²) in [5.41, 5.74) is 3.87. The van der Waals surface area contributed by atoms with Crippen LogP contribution in [0.1, 0.15) is 72.6 Å². The molecule has 45 heavy (non-hydrogen) atoms. The van der Waals surface area contributed by atoms with Crippen molar-refractivity contribution in [3.8, 4) is 0 Å². The number of aliphatic hydroxyl groups excluding tert-OH is 1. The summed E-state index contributed by atoms with van der Waals surface area (Å²) in [4.78, 5) is 36.3. The highest BCUT2D eigenvalue weighted by Gasteiger charge is 2.38. The molecule has 3 aromatic carbocycles. The number of pyridine rings is 1. The molecule has 10 nitrogen and oxygen atoms in total. The second kappa shape index (κ2) is 13.2. The fraction of sp³-hybridized carbons (Fsp3) is 0.235. The van der Waals surface area contributed by atoms with Crippen LogP contribution in [0.3, 0.4) is 0 Å². The van der Waals surface area contributed by atoms with E-state index in [0.29, 0.717) is 10.8 Å². The number of amides is 1. The first kappa shape index (κ1) is 30.5. The van der Waals surface area contributed by atoms with Crippen molar-refractivity contribution in [1.82, 2.24) is 5.32 Å². The summed E-state index contributed by atoms with van der Waals surface area (Å²) in [5.74, 6) is -1.37. The van der Waals surface area contributed by atoms with Gasteiger partial charge in [-0.25, -0.2) is 9.59 Å². The van der Waals surface area contributed by atoms with Gasteiger partial charge >= 0.3 is 11.9 Å². The standard InChI is InChI=1S/C34H30N2O8S/c1-20-28(19-45-29-4-2-3-15-36(29)41)42-34(43-30(20)23-9-7-22(18-37)8-10-23)24-11-5-21(6-12-24)17-35-31(38)25-13-14-26-27(16-25)33(40)44-32(26)39/h2-16,20,28,30,34,37H,17-19H2,1H3,(H,35,38)/t20-,28+,30+,34?/m0/s1. The number of hydrogen-bond acceptors (Lipinski definition) is 9. The van der Waals surface area contributed by atoms with E-state index in [2.05, 4.69) is 17.0 Å². The van der Waals surface area contributed by atoms with Gasteiger partial charge in [-0.05, 0) is 41.0 Å². The van der Waals surface area contributed by atoms with Crippen molar-refractivity contribution in [2.75, 3.05) is 5.75 Å². The molecule has 0 aliphatic carbocycles. The monoisotopic (exact) mass is 626 g/mol. The highest BCUT2D eigenvalue weighted by atomic mass is 32.2. The van der Waals surface area contributed by atoms with E-state index in [-0.39, 0.29) is 48.0 Å². The maximum absolute atomic E-state index is 12.8. The van der Waals surface area contributed by atoms with Gasteiger partial charge in [0, 0.05) is 41.5 Å². The third kappa shape index (κ3) is 6.62. The number of aromatic nitrogens is 1. The number of carbonyl (C=O) groups excluding carboxylic acids is 3. The smallest absolute Gasteiger partial charge is 0.346 e. The molecule has 11 heteroatoms. The van der Waals surface area contributed by atoms with Crippen LogP contribution < -0.4 is 10.0 Å². The van der Waals surface area contributed by atoms with Crippen LogP contribution in [0, 0.1) is 11.1 Å². The highest BCUT2D eigenvalue weighted by molar-refractivity contribution is 7.99. The Hall–Kier alpha value is -4.55. The number of thioether (sulfide) groups is 1. The maximum Gasteiger partial charge on any atom is 0.346 e. The summed E-state index contributed by atoms with van der Waals surface area (Å²) in [7, 11) is 0. The molecule has 230 valence electrons. The van der Waals surface area contributed by atoms with Crippen molar-refractivity contribution in [3.05, 3.63) is 135 Å². The van der Waals surface area contributed by atoms with Gasteiger partial charge in [0.25, 0.3) is 10.9 Å². The molecule has 0 bridgehead atoms. The van der Waals surface area contributed by atoms with Gasteiger partial charge in [-0.1, -0.05) is 67.2 Å². The summed E-state index contributed by atoms with van der Waals surface area (Å²) in [6.45, 7) is 2.25. The van der Waals surface area contributed by atoms with E-state index in [9.17, 15) is 24.7 Å². The first-order valence-electron chi connectivity index (χ1n) is 14.4. The maximum atomic E-state index is 12.8. The molecule has 1 unspecified atom stereocenters. The van der Waals surface area contributed by atoms with Gasteiger partial charge < -0.3 is 29.8 Å². The Balaban J connectivity index is 1.15. The number of ether oxygens (including phenoxy) is 3. The van der Waals surface area contributed by atoms with Gasteiger partial charge in [0.1, 0.15) is 0 Å². The number of carbonyl (C=O) groups is 3. The van der Waals surface area contributed by atoms with Gasteiger partial charge in [0.05, 0.1) is 29.9 Å². The van der Waals surface area contributed by atoms with Crippen LogP contribution in [-0.4, -0.2) is 34.8 Å². The van der Waals surface area contributed by atoms with Crippen LogP contribution in [0.25, 0.3) is 0 Å². The molecule has 1 amide bonds. The third-order valence-electron chi connectivity index (χ3n) is 7.92. The minimum absolute atomic E-state index is 0.0359. The summed E-state index contributed by atoms with van der Waals surface area (Å²) >= 11 is 1.43. The fourth-order valence-electron chi connectivity index (χ4n) is 5.31. The summed E-state index contributed by atoms with van der Waals surface area (Å²) in [5, 5.41) is 25.1. The molecule has 6 rings (SSSR count). The van der Waals surface area contributed by atoms with Gasteiger partial charge in [-0.15, -0.1) is 0 Å². The van der Waals surface area contributed by atoms with E-state index >= 15 is 0 Å². The Morgan fingerprint density at radius 3 is 2.36 bits per heavy atom. The first-order valence-corrected chi connectivity index (χ1v) is 15.4. The second-order valence-electron chi connectivity index (χ2n) is 10.9. The Morgan fingerprint density at radius 1 is 0.911 bits per heavy atom. The number of nitrogens with one attached hydrogen (secondary N) is 1. The van der Waals surface area contributed by atoms with Crippen LogP contribution in [-0.2, 0) is 27.4 Å². The molecule has 3 heterocycles. The molecular formula is C34H30N2O8S. The molecule has 4 aromatic rings. The first-order chi connectivity index (χ1) is 21.8. The molecule has 2 aliphatic rings. The minimum Gasteiger partial charge on any atom is -0.618 e. The average Bonchev–Trinajstić information content (AvgIpc) is 3.36. The summed E-state index contributed by atoms with van der Waals surface area (Å²) in [6.07, 6.45) is 0.256. The van der Waals surface area contributed by atoms with Crippen molar-refractivity contribution < 1.29 is 38.4 Å². The lowest BCUT2D eigenvalue weighted by atomic mass is 9.91. The largest absolute Gasteiger partial charge is 0.618 e. The summed E-state index contributed by atoms with van der Waals surface area (Å²) in [6, 6.07) is 24.7. The zero-order valence-corrected chi connectivity index (χ0v) is 25.1. The van der Waals surface area contributed by atoms with E-state index in [4.69, 9.17) is 9.47 Å². The van der Waals surface area contributed by atoms with Gasteiger partial charge in [0.2, 0.25) is 0 Å². The van der Waals surface area contributed by atoms with Crippen LogP contribution in [0.5, 0.6) is 0 Å². The Morgan fingerprint density at radius 2 is 1.62 bits per heavy atom. The SMILES string of the molecule is C[C@H]1[C@@H](CSc2cccc[n+]2[O-])OC(c2ccc(CNC(=O)c3ccc4c(c3)C(=O)OC4=O)cc2)O[C@H]1c1ccc(CO)cc1. The molecule has 1 saturated heterocycles. The number of hydrogen-bond donors (Lipinski definition) is 2. The number of aliphatic hydroxyl groups is 1. The third-order valence-corrected chi connectivity index (χ3v) is 9.03. The van der Waals surface area contributed by atoms with Crippen molar-refractivity contribution in [3.63, 3.8) is 0 Å². The van der Waals surface area contributed by atoms with Crippen LogP contribution in [0.15, 0.2) is 96.2 Å². The normalized spacial score (nSPS) is 20.8. The Bertz CT molecular complexity index is 1730. The minimum atomic E-state index is -0.763. The van der Waals surface area contributed by atoms with Crippen LogP contribution in [0.4, 0.5) is 0 Å². The predicted octanol–water partition coefficient (Wildman–Crippen LogP) is 4.64. The molecule has 2 N–H and O–H groups in total. The van der Waals surface area contributed by atoms with Crippen molar-refractivity contribution in [2.45, 2.75) is 43.6 Å². The molecule has 4 atom stereocenters. The number of cyclic esters (lactones) is 2. The van der Waals surface area contributed by atoms with Crippen molar-refractivity contribution in [2.24, 2.45) is 5.92 Å². The molecule has 1 aromatic heterocycles. The topological polar surface area (TPSA) is 138 Å². The summed E-state index contributed by atoms with van der Waals surface area (Å²) < 4.78 is 18.4.